The first kappa shape index (κ1) is 21.3. The summed E-state index contributed by atoms with van der Waals surface area (Å²) in [6, 6.07) is 27.2. The number of pyridine rings is 4. The van der Waals surface area contributed by atoms with Crippen molar-refractivity contribution >= 4 is 0 Å². The summed E-state index contributed by atoms with van der Waals surface area (Å²) in [4.78, 5) is 17.4. The maximum Gasteiger partial charge on any atom is 0.123 e. The molecule has 34 heavy (non-hydrogen) atoms. The first-order chi connectivity index (χ1) is 16.8. The third-order valence-corrected chi connectivity index (χ3v) is 5.15. The van der Waals surface area contributed by atoms with Crippen LogP contribution in [-0.4, -0.2) is 19.9 Å². The van der Waals surface area contributed by atoms with Gasteiger partial charge in [-0.2, -0.15) is 0 Å². The zero-order valence-electron chi connectivity index (χ0n) is 18.4. The molecule has 0 atom stereocenters. The zero-order chi connectivity index (χ0) is 23.0. The summed E-state index contributed by atoms with van der Waals surface area (Å²) < 4.78 is 11.9. The summed E-state index contributed by atoms with van der Waals surface area (Å²) in [5.41, 5.74) is 5.35. The van der Waals surface area contributed by atoms with E-state index >= 15 is 0 Å². The average molecular weight is 447 g/mol. The smallest absolute Gasteiger partial charge is 0.123 e. The second-order valence-electron chi connectivity index (χ2n) is 7.58. The van der Waals surface area contributed by atoms with Gasteiger partial charge in [-0.1, -0.05) is 36.4 Å². The highest BCUT2D eigenvalue weighted by Crippen LogP contribution is 2.22. The highest BCUT2D eigenvalue weighted by Gasteiger charge is 2.05. The Morgan fingerprint density at radius 3 is 1.29 bits per heavy atom. The fourth-order valence-corrected chi connectivity index (χ4v) is 3.38. The van der Waals surface area contributed by atoms with Gasteiger partial charge in [0, 0.05) is 36.9 Å². The molecule has 0 spiro atoms. The molecule has 4 heterocycles. The van der Waals surface area contributed by atoms with Crippen LogP contribution in [0.5, 0.6) is 11.5 Å². The molecule has 0 unspecified atom stereocenters. The van der Waals surface area contributed by atoms with Crippen molar-refractivity contribution in [2.24, 2.45) is 0 Å². The molecule has 5 aromatic rings. The third kappa shape index (κ3) is 5.42. The van der Waals surface area contributed by atoms with Crippen LogP contribution in [0.4, 0.5) is 0 Å². The lowest BCUT2D eigenvalue weighted by atomic mass is 10.1. The normalized spacial score (nSPS) is 10.6. The van der Waals surface area contributed by atoms with Crippen molar-refractivity contribution in [3.8, 4) is 34.3 Å². The summed E-state index contributed by atoms with van der Waals surface area (Å²) in [6.45, 7) is 0.926. The van der Waals surface area contributed by atoms with E-state index in [9.17, 15) is 0 Å². The third-order valence-electron chi connectivity index (χ3n) is 5.15. The Morgan fingerprint density at radius 2 is 0.882 bits per heavy atom. The number of hydrogen-bond acceptors (Lipinski definition) is 6. The van der Waals surface area contributed by atoms with Gasteiger partial charge in [-0.15, -0.1) is 0 Å². The van der Waals surface area contributed by atoms with Gasteiger partial charge < -0.3 is 9.47 Å². The number of aromatic nitrogens is 4. The summed E-state index contributed by atoms with van der Waals surface area (Å²) >= 11 is 0. The Kier molecular flexibility index (Phi) is 6.48. The molecular formula is C28H22N4O2. The molecule has 0 N–H and O–H groups in total. The predicted molar refractivity (Wildman–Crippen MR) is 130 cm³/mol. The van der Waals surface area contributed by atoms with E-state index in [1.807, 2.05) is 84.9 Å². The molecule has 0 fully saturated rings. The molecule has 1 aromatic carbocycles. The van der Waals surface area contributed by atoms with E-state index < -0.39 is 0 Å². The van der Waals surface area contributed by atoms with Crippen molar-refractivity contribution in [2.75, 3.05) is 0 Å². The Hall–Kier alpha value is -4.58. The molecule has 0 saturated carbocycles. The summed E-state index contributed by atoms with van der Waals surface area (Å²) in [7, 11) is 0. The maximum atomic E-state index is 5.97. The lowest BCUT2D eigenvalue weighted by Crippen LogP contribution is -1.99. The van der Waals surface area contributed by atoms with Gasteiger partial charge in [0.25, 0.3) is 0 Å². The first-order valence-corrected chi connectivity index (χ1v) is 10.9. The molecule has 0 bridgehead atoms. The van der Waals surface area contributed by atoms with E-state index in [4.69, 9.17) is 9.47 Å². The Morgan fingerprint density at radius 1 is 0.441 bits per heavy atom. The highest BCUT2D eigenvalue weighted by atomic mass is 16.5. The number of hydrogen-bond donors (Lipinski definition) is 0. The molecule has 0 amide bonds. The Balaban J connectivity index is 1.17. The van der Waals surface area contributed by atoms with Crippen LogP contribution in [0.25, 0.3) is 22.8 Å². The molecule has 4 aromatic heterocycles. The van der Waals surface area contributed by atoms with Gasteiger partial charge in [-0.05, 0) is 47.5 Å². The van der Waals surface area contributed by atoms with E-state index in [1.165, 1.54) is 0 Å². The van der Waals surface area contributed by atoms with Crippen LogP contribution in [-0.2, 0) is 13.2 Å². The molecule has 5 rings (SSSR count). The molecule has 0 aliphatic carbocycles. The minimum atomic E-state index is 0.463. The number of rotatable bonds is 8. The molecule has 0 aliphatic heterocycles. The van der Waals surface area contributed by atoms with Crippen molar-refractivity contribution in [1.82, 2.24) is 19.9 Å². The van der Waals surface area contributed by atoms with Crippen molar-refractivity contribution in [3.05, 3.63) is 121 Å². The van der Waals surface area contributed by atoms with Crippen LogP contribution in [0.15, 0.2) is 110 Å². The fraction of sp³-hybridized carbons (Fsp3) is 0.0714. The minimum Gasteiger partial charge on any atom is -0.489 e. The monoisotopic (exact) mass is 446 g/mol. The first-order valence-electron chi connectivity index (χ1n) is 10.9. The molecule has 0 saturated heterocycles. The van der Waals surface area contributed by atoms with Gasteiger partial charge in [0.15, 0.2) is 0 Å². The largest absolute Gasteiger partial charge is 0.489 e. The Bertz CT molecular complexity index is 1240. The van der Waals surface area contributed by atoms with Crippen LogP contribution < -0.4 is 9.47 Å². The van der Waals surface area contributed by atoms with E-state index in [2.05, 4.69) is 19.9 Å². The standard InChI is InChI=1S/C28H22N4O2/c1-3-13-29-25(5-1)27-17-23(11-15-31-27)33-19-21-7-9-22(10-8-21)20-34-24-12-16-32-28(18-24)26-6-2-4-14-30-26/h1-18H,19-20H2. The average Bonchev–Trinajstić information content (AvgIpc) is 2.93. The van der Waals surface area contributed by atoms with Gasteiger partial charge in [-0.25, -0.2) is 0 Å². The van der Waals surface area contributed by atoms with Crippen LogP contribution in [0, 0.1) is 0 Å². The zero-order valence-corrected chi connectivity index (χ0v) is 18.4. The summed E-state index contributed by atoms with van der Waals surface area (Å²) in [6.07, 6.45) is 6.98. The number of ether oxygens (including phenoxy) is 2. The topological polar surface area (TPSA) is 70.0 Å². The fourth-order valence-electron chi connectivity index (χ4n) is 3.38. The second kappa shape index (κ2) is 10.4. The van der Waals surface area contributed by atoms with Crippen LogP contribution in [0.2, 0.25) is 0 Å². The number of benzene rings is 1. The lowest BCUT2D eigenvalue weighted by Gasteiger charge is -2.10. The molecule has 166 valence electrons. The van der Waals surface area contributed by atoms with Crippen LogP contribution in [0.3, 0.4) is 0 Å². The van der Waals surface area contributed by atoms with Crippen LogP contribution >= 0.6 is 0 Å². The van der Waals surface area contributed by atoms with Crippen LogP contribution in [0.1, 0.15) is 11.1 Å². The van der Waals surface area contributed by atoms with Gasteiger partial charge in [0.05, 0.1) is 22.8 Å². The van der Waals surface area contributed by atoms with Crippen molar-refractivity contribution < 1.29 is 9.47 Å². The molecule has 6 heteroatoms. The van der Waals surface area contributed by atoms with Gasteiger partial charge >= 0.3 is 0 Å². The van der Waals surface area contributed by atoms with Gasteiger partial charge in [-0.3, -0.25) is 19.9 Å². The predicted octanol–water partition coefficient (Wildman–Crippen LogP) is 5.76. The number of nitrogens with zero attached hydrogens (tertiary/aromatic N) is 4. The summed E-state index contributed by atoms with van der Waals surface area (Å²) in [5.74, 6) is 1.51. The molecule has 0 aliphatic rings. The van der Waals surface area contributed by atoms with E-state index in [-0.39, 0.29) is 0 Å². The van der Waals surface area contributed by atoms with Gasteiger partial charge in [0.2, 0.25) is 0 Å². The van der Waals surface area contributed by atoms with Crippen molar-refractivity contribution in [2.45, 2.75) is 13.2 Å². The lowest BCUT2D eigenvalue weighted by molar-refractivity contribution is 0.302. The molecule has 0 radical (unpaired) electrons. The SMILES string of the molecule is c1ccc(-c2cc(OCc3ccc(COc4ccnc(-c5ccccn5)c4)cc3)ccn2)nc1. The van der Waals surface area contributed by atoms with E-state index in [1.54, 1.807) is 24.8 Å². The molecular weight excluding hydrogens is 424 g/mol. The highest BCUT2D eigenvalue weighted by molar-refractivity contribution is 5.56. The van der Waals surface area contributed by atoms with Gasteiger partial charge in [0.1, 0.15) is 24.7 Å². The van der Waals surface area contributed by atoms with Crippen molar-refractivity contribution in [1.29, 1.82) is 0 Å². The van der Waals surface area contributed by atoms with E-state index in [0.29, 0.717) is 13.2 Å². The minimum absolute atomic E-state index is 0.463. The quantitative estimate of drug-likeness (QED) is 0.302. The molecule has 6 nitrogen and oxygen atoms in total. The summed E-state index contributed by atoms with van der Waals surface area (Å²) in [5, 5.41) is 0. The van der Waals surface area contributed by atoms with E-state index in [0.717, 1.165) is 45.4 Å². The maximum absolute atomic E-state index is 5.97. The Labute approximate surface area is 197 Å². The second-order valence-corrected chi connectivity index (χ2v) is 7.58. The van der Waals surface area contributed by atoms with Crippen molar-refractivity contribution in [3.63, 3.8) is 0 Å².